The van der Waals surface area contributed by atoms with Crippen LogP contribution in [0.15, 0.2) is 273 Å². The summed E-state index contributed by atoms with van der Waals surface area (Å²) in [6, 6.07) is 88.6. The highest BCUT2D eigenvalue weighted by atomic mass is 15.2. The van der Waals surface area contributed by atoms with Crippen molar-refractivity contribution in [1.29, 1.82) is 0 Å². The minimum absolute atomic E-state index is 0.487. The summed E-state index contributed by atoms with van der Waals surface area (Å²) in [6.07, 6.45) is 7.70. The zero-order chi connectivity index (χ0) is 43.8. The van der Waals surface area contributed by atoms with Gasteiger partial charge in [0.1, 0.15) is 0 Å². The van der Waals surface area contributed by atoms with E-state index < -0.39 is 0 Å². The van der Waals surface area contributed by atoms with E-state index in [4.69, 9.17) is 0 Å². The minimum atomic E-state index is 0.487. The summed E-state index contributed by atoms with van der Waals surface area (Å²) >= 11 is 0. The standard InChI is InChI=1S/C61H50N4/c1-47-18-17-29-61(46-47)65(54-27-15-6-16-28-54)60-44-42-59(43-45-60)64(53-25-13-5-14-26-53)56-36-32-49(33-37-56)48-30-34-55(35-31-48)63(52-23-11-4-12-24-52)58-40-38-57(39-41-58)62(50-19-7-2-8-20-50)51-21-9-3-10-22-51/h2-45,47H,46H2,1H3. The number of anilines is 11. The molecule has 0 spiro atoms. The van der Waals surface area contributed by atoms with Crippen molar-refractivity contribution in [2.45, 2.75) is 13.3 Å². The van der Waals surface area contributed by atoms with Crippen molar-refractivity contribution < 1.29 is 0 Å². The molecule has 0 fully saturated rings. The van der Waals surface area contributed by atoms with Gasteiger partial charge in [0.2, 0.25) is 0 Å². The third-order valence-electron chi connectivity index (χ3n) is 11.9. The summed E-state index contributed by atoms with van der Waals surface area (Å²) in [4.78, 5) is 9.33. The zero-order valence-corrected chi connectivity index (χ0v) is 36.5. The number of allylic oxidation sites excluding steroid dienone is 4. The second-order valence-electron chi connectivity index (χ2n) is 16.4. The van der Waals surface area contributed by atoms with Gasteiger partial charge in [-0.15, -0.1) is 0 Å². The smallest absolute Gasteiger partial charge is 0.0463 e. The maximum atomic E-state index is 2.39. The SMILES string of the molecule is CC1C=CC=C(N(c2ccccc2)c2ccc(N(c3ccccc3)c3ccc(-c4ccc(N(c5ccccc5)c5ccc(N(c6ccccc6)c6ccccc6)cc5)cc4)cc3)cc2)C1. The Balaban J connectivity index is 0.929. The molecule has 4 heteroatoms. The summed E-state index contributed by atoms with van der Waals surface area (Å²) in [5.41, 5.74) is 15.8. The third kappa shape index (κ3) is 8.97. The van der Waals surface area contributed by atoms with Gasteiger partial charge in [0.15, 0.2) is 0 Å². The molecule has 0 aliphatic heterocycles. The van der Waals surface area contributed by atoms with Crippen LogP contribution in [0.25, 0.3) is 11.1 Å². The number of hydrogen-bond donors (Lipinski definition) is 0. The molecule has 9 aromatic rings. The van der Waals surface area contributed by atoms with Gasteiger partial charge in [0.05, 0.1) is 0 Å². The highest BCUT2D eigenvalue weighted by Gasteiger charge is 2.20. The van der Waals surface area contributed by atoms with Crippen molar-refractivity contribution in [2.75, 3.05) is 19.6 Å². The molecule has 1 unspecified atom stereocenters. The molecule has 1 aliphatic carbocycles. The van der Waals surface area contributed by atoms with E-state index in [0.29, 0.717) is 5.92 Å². The average molecular weight is 839 g/mol. The van der Waals surface area contributed by atoms with Gasteiger partial charge >= 0.3 is 0 Å². The van der Waals surface area contributed by atoms with Gasteiger partial charge in [-0.05, 0) is 163 Å². The van der Waals surface area contributed by atoms with Gasteiger partial charge in [-0.2, -0.15) is 0 Å². The number of benzene rings is 9. The molecule has 0 saturated carbocycles. The first-order valence-electron chi connectivity index (χ1n) is 22.4. The second-order valence-corrected chi connectivity index (χ2v) is 16.4. The largest absolute Gasteiger partial charge is 0.314 e. The molecule has 0 aromatic heterocycles. The van der Waals surface area contributed by atoms with Crippen LogP contribution < -0.4 is 19.6 Å². The van der Waals surface area contributed by atoms with E-state index in [9.17, 15) is 0 Å². The second kappa shape index (κ2) is 19.0. The average Bonchev–Trinajstić information content (AvgIpc) is 3.37. The van der Waals surface area contributed by atoms with Crippen molar-refractivity contribution in [3.63, 3.8) is 0 Å². The van der Waals surface area contributed by atoms with Crippen LogP contribution in [0, 0.1) is 5.92 Å². The van der Waals surface area contributed by atoms with Gasteiger partial charge in [0, 0.05) is 68.3 Å². The Bertz CT molecular complexity index is 2930. The molecule has 9 aromatic carbocycles. The molecule has 1 aliphatic rings. The maximum absolute atomic E-state index is 2.39. The highest BCUT2D eigenvalue weighted by Crippen LogP contribution is 2.42. The van der Waals surface area contributed by atoms with E-state index in [-0.39, 0.29) is 0 Å². The molecule has 0 radical (unpaired) electrons. The number of rotatable bonds is 13. The topological polar surface area (TPSA) is 13.0 Å². The van der Waals surface area contributed by atoms with E-state index in [0.717, 1.165) is 80.1 Å². The quantitative estimate of drug-likeness (QED) is 0.115. The summed E-state index contributed by atoms with van der Waals surface area (Å²) in [7, 11) is 0. The molecule has 4 nitrogen and oxygen atoms in total. The molecule has 1 atom stereocenters. The van der Waals surface area contributed by atoms with Gasteiger partial charge in [-0.1, -0.05) is 134 Å². The van der Waals surface area contributed by atoms with Gasteiger partial charge in [-0.3, -0.25) is 0 Å². The first-order chi connectivity index (χ1) is 32.2. The molecule has 65 heavy (non-hydrogen) atoms. The normalized spacial score (nSPS) is 13.1. The van der Waals surface area contributed by atoms with Crippen LogP contribution in [0.2, 0.25) is 0 Å². The van der Waals surface area contributed by atoms with Gasteiger partial charge in [-0.25, -0.2) is 0 Å². The molecule has 314 valence electrons. The molecule has 0 heterocycles. The third-order valence-corrected chi connectivity index (χ3v) is 11.9. The Kier molecular flexibility index (Phi) is 11.9. The Morgan fingerprint density at radius 3 is 0.785 bits per heavy atom. The van der Waals surface area contributed by atoms with Crippen molar-refractivity contribution in [3.05, 3.63) is 273 Å². The van der Waals surface area contributed by atoms with Crippen LogP contribution >= 0.6 is 0 Å². The van der Waals surface area contributed by atoms with E-state index in [1.165, 1.54) is 5.70 Å². The summed E-state index contributed by atoms with van der Waals surface area (Å²) in [5.74, 6) is 0.487. The predicted molar refractivity (Wildman–Crippen MR) is 276 cm³/mol. The lowest BCUT2D eigenvalue weighted by Crippen LogP contribution is -2.19. The van der Waals surface area contributed by atoms with Crippen molar-refractivity contribution in [3.8, 4) is 11.1 Å². The Hall–Kier alpha value is -8.34. The molecule has 0 saturated heterocycles. The Morgan fingerprint density at radius 2 is 0.508 bits per heavy atom. The van der Waals surface area contributed by atoms with Crippen molar-refractivity contribution >= 4 is 62.6 Å². The van der Waals surface area contributed by atoms with E-state index in [1.807, 2.05) is 0 Å². The molecule has 0 amide bonds. The number of nitrogens with zero attached hydrogens (tertiary/aromatic N) is 4. The lowest BCUT2D eigenvalue weighted by molar-refractivity contribution is 0.696. The number of hydrogen-bond acceptors (Lipinski definition) is 4. The van der Waals surface area contributed by atoms with Crippen LogP contribution in [0.5, 0.6) is 0 Å². The first kappa shape index (κ1) is 40.7. The fraction of sp³-hybridized carbons (Fsp3) is 0.0492. The Morgan fingerprint density at radius 1 is 0.277 bits per heavy atom. The predicted octanol–water partition coefficient (Wildman–Crippen LogP) is 17.4. The van der Waals surface area contributed by atoms with Crippen molar-refractivity contribution in [1.82, 2.24) is 0 Å². The maximum Gasteiger partial charge on any atom is 0.0463 e. The van der Waals surface area contributed by atoms with E-state index in [2.05, 4.69) is 293 Å². The summed E-state index contributed by atoms with van der Waals surface area (Å²) < 4.78 is 0. The molecular weight excluding hydrogens is 789 g/mol. The molecule has 0 bridgehead atoms. The number of para-hydroxylation sites is 5. The summed E-state index contributed by atoms with van der Waals surface area (Å²) in [5, 5.41) is 0. The fourth-order valence-electron chi connectivity index (χ4n) is 8.80. The lowest BCUT2D eigenvalue weighted by atomic mass is 9.98. The highest BCUT2D eigenvalue weighted by molar-refractivity contribution is 5.83. The van der Waals surface area contributed by atoms with Crippen LogP contribution in [-0.2, 0) is 0 Å². The van der Waals surface area contributed by atoms with Crippen LogP contribution in [0.3, 0.4) is 0 Å². The monoisotopic (exact) mass is 838 g/mol. The van der Waals surface area contributed by atoms with Crippen molar-refractivity contribution in [2.24, 2.45) is 5.92 Å². The lowest BCUT2D eigenvalue weighted by Gasteiger charge is -2.31. The van der Waals surface area contributed by atoms with Crippen LogP contribution in [0.4, 0.5) is 62.6 Å². The fourth-order valence-corrected chi connectivity index (χ4v) is 8.80. The van der Waals surface area contributed by atoms with Crippen LogP contribution in [-0.4, -0.2) is 0 Å². The molecule has 0 N–H and O–H groups in total. The summed E-state index contributed by atoms with van der Waals surface area (Å²) in [6.45, 7) is 2.28. The zero-order valence-electron chi connectivity index (χ0n) is 36.5. The van der Waals surface area contributed by atoms with E-state index in [1.54, 1.807) is 0 Å². The van der Waals surface area contributed by atoms with Crippen LogP contribution in [0.1, 0.15) is 13.3 Å². The molecular formula is C61H50N4. The minimum Gasteiger partial charge on any atom is -0.314 e. The Labute approximate surface area is 383 Å². The first-order valence-corrected chi connectivity index (χ1v) is 22.4. The molecule has 10 rings (SSSR count). The van der Waals surface area contributed by atoms with E-state index >= 15 is 0 Å². The van der Waals surface area contributed by atoms with Gasteiger partial charge in [0.25, 0.3) is 0 Å². The van der Waals surface area contributed by atoms with Gasteiger partial charge < -0.3 is 19.6 Å².